The number of nitrogens with one attached hydrogen (secondary N) is 1. The second kappa shape index (κ2) is 5.87. The van der Waals surface area contributed by atoms with Gasteiger partial charge in [-0.15, -0.1) is 0 Å². The summed E-state index contributed by atoms with van der Waals surface area (Å²) in [6, 6.07) is 6.02. The predicted molar refractivity (Wildman–Crippen MR) is 72.7 cm³/mol. The number of methoxy groups -OCH3 is 1. The van der Waals surface area contributed by atoms with Gasteiger partial charge in [0.1, 0.15) is 5.75 Å². The molecule has 0 aliphatic rings. The van der Waals surface area contributed by atoms with Crippen molar-refractivity contribution >= 4 is 5.91 Å². The molecule has 100 valence electrons. The van der Waals surface area contributed by atoms with Crippen molar-refractivity contribution in [1.82, 2.24) is 5.32 Å². The van der Waals surface area contributed by atoms with Crippen molar-refractivity contribution in [3.05, 3.63) is 29.3 Å². The number of carbonyl (C=O) groups is 1. The van der Waals surface area contributed by atoms with Gasteiger partial charge in [-0.3, -0.25) is 4.79 Å². The van der Waals surface area contributed by atoms with Crippen molar-refractivity contribution < 1.29 is 9.53 Å². The maximum Gasteiger partial charge on any atom is 0.239 e. The van der Waals surface area contributed by atoms with Crippen LogP contribution in [0.5, 0.6) is 5.75 Å². The molecular weight excluding hydrogens is 228 g/mol. The van der Waals surface area contributed by atoms with Crippen LogP contribution in [0.1, 0.15) is 25.0 Å². The molecule has 0 saturated carbocycles. The molecular formula is C14H22N2O2. The highest BCUT2D eigenvalue weighted by Gasteiger charge is 2.20. The first-order chi connectivity index (χ1) is 8.34. The molecule has 1 rings (SSSR count). The highest BCUT2D eigenvalue weighted by atomic mass is 16.5. The fourth-order valence-corrected chi connectivity index (χ4v) is 1.64. The first-order valence-electron chi connectivity index (χ1n) is 6.05. The summed E-state index contributed by atoms with van der Waals surface area (Å²) < 4.78 is 5.29. The van der Waals surface area contributed by atoms with Crippen molar-refractivity contribution in [2.75, 3.05) is 13.7 Å². The molecule has 0 unspecified atom stereocenters. The largest absolute Gasteiger partial charge is 0.496 e. The summed E-state index contributed by atoms with van der Waals surface area (Å²) in [5, 5.41) is 2.82. The number of aryl methyl sites for hydroxylation is 1. The maximum absolute atomic E-state index is 11.6. The summed E-state index contributed by atoms with van der Waals surface area (Å²) in [4.78, 5) is 11.6. The van der Waals surface area contributed by atoms with E-state index in [1.165, 1.54) is 5.56 Å². The molecule has 4 nitrogen and oxygen atoms in total. The lowest BCUT2D eigenvalue weighted by Crippen LogP contribution is -2.49. The molecule has 0 fully saturated rings. The summed E-state index contributed by atoms with van der Waals surface area (Å²) >= 11 is 0. The van der Waals surface area contributed by atoms with Crippen LogP contribution < -0.4 is 15.8 Å². The topological polar surface area (TPSA) is 64.3 Å². The third-order valence-electron chi connectivity index (χ3n) is 2.70. The molecule has 0 aliphatic heterocycles. The van der Waals surface area contributed by atoms with Crippen molar-refractivity contribution in [2.24, 2.45) is 5.73 Å². The average molecular weight is 250 g/mol. The molecule has 3 N–H and O–H groups in total. The molecule has 0 aliphatic carbocycles. The Labute approximate surface area is 109 Å². The second-order valence-corrected chi connectivity index (χ2v) is 5.04. The average Bonchev–Trinajstić information content (AvgIpc) is 2.28. The minimum atomic E-state index is -0.837. The molecule has 0 heterocycles. The Bertz CT molecular complexity index is 422. The van der Waals surface area contributed by atoms with Crippen LogP contribution in [0, 0.1) is 6.92 Å². The molecule has 0 atom stereocenters. The van der Waals surface area contributed by atoms with E-state index in [2.05, 4.69) is 11.4 Å². The standard InChI is InChI=1S/C14H22N2O2/c1-10-5-6-12(18-4)11(9-10)7-8-16-13(17)14(2,3)15/h5-6,9H,7-8,15H2,1-4H3,(H,16,17). The van der Waals surface area contributed by atoms with Gasteiger partial charge >= 0.3 is 0 Å². The van der Waals surface area contributed by atoms with Crippen LogP contribution in [0.25, 0.3) is 0 Å². The Kier molecular flexibility index (Phi) is 4.73. The van der Waals surface area contributed by atoms with Gasteiger partial charge in [-0.25, -0.2) is 0 Å². The normalized spacial score (nSPS) is 11.2. The smallest absolute Gasteiger partial charge is 0.239 e. The molecule has 1 aromatic rings. The van der Waals surface area contributed by atoms with E-state index >= 15 is 0 Å². The Balaban J connectivity index is 2.59. The van der Waals surface area contributed by atoms with Gasteiger partial charge in [-0.1, -0.05) is 17.7 Å². The number of nitrogens with two attached hydrogens (primary N) is 1. The zero-order chi connectivity index (χ0) is 13.8. The van der Waals surface area contributed by atoms with Gasteiger partial charge in [0, 0.05) is 6.54 Å². The van der Waals surface area contributed by atoms with E-state index in [0.717, 1.165) is 17.7 Å². The van der Waals surface area contributed by atoms with E-state index < -0.39 is 5.54 Å². The van der Waals surface area contributed by atoms with Gasteiger partial charge < -0.3 is 15.8 Å². The summed E-state index contributed by atoms with van der Waals surface area (Å²) in [6.45, 7) is 5.97. The van der Waals surface area contributed by atoms with Crippen LogP contribution in [0.15, 0.2) is 18.2 Å². The lowest BCUT2D eigenvalue weighted by atomic mass is 10.1. The highest BCUT2D eigenvalue weighted by Crippen LogP contribution is 2.19. The number of amides is 1. The SMILES string of the molecule is COc1ccc(C)cc1CCNC(=O)C(C)(C)N. The first kappa shape index (κ1) is 14.5. The van der Waals surface area contributed by atoms with E-state index in [9.17, 15) is 4.79 Å². The van der Waals surface area contributed by atoms with Crippen LogP contribution in [0.2, 0.25) is 0 Å². The zero-order valence-corrected chi connectivity index (χ0v) is 11.5. The summed E-state index contributed by atoms with van der Waals surface area (Å²) in [6.07, 6.45) is 0.729. The Hall–Kier alpha value is -1.55. The molecule has 0 aromatic heterocycles. The van der Waals surface area contributed by atoms with Crippen LogP contribution in [-0.2, 0) is 11.2 Å². The molecule has 1 aromatic carbocycles. The Morgan fingerprint density at radius 2 is 2.11 bits per heavy atom. The van der Waals surface area contributed by atoms with E-state index in [4.69, 9.17) is 10.5 Å². The van der Waals surface area contributed by atoms with Crippen molar-refractivity contribution in [2.45, 2.75) is 32.7 Å². The number of rotatable bonds is 5. The van der Waals surface area contributed by atoms with E-state index in [1.54, 1.807) is 21.0 Å². The number of benzene rings is 1. The monoisotopic (exact) mass is 250 g/mol. The van der Waals surface area contributed by atoms with Gasteiger partial charge in [0.05, 0.1) is 12.6 Å². The van der Waals surface area contributed by atoms with Crippen LogP contribution >= 0.6 is 0 Å². The van der Waals surface area contributed by atoms with Crippen LogP contribution in [0.4, 0.5) is 0 Å². The van der Waals surface area contributed by atoms with E-state index in [-0.39, 0.29) is 5.91 Å². The van der Waals surface area contributed by atoms with Crippen LogP contribution in [-0.4, -0.2) is 25.1 Å². The van der Waals surface area contributed by atoms with E-state index in [1.807, 2.05) is 19.1 Å². The number of ether oxygens (including phenoxy) is 1. The molecule has 0 spiro atoms. The molecule has 18 heavy (non-hydrogen) atoms. The third-order valence-corrected chi connectivity index (χ3v) is 2.70. The van der Waals surface area contributed by atoms with Gasteiger partial charge in [-0.2, -0.15) is 0 Å². The molecule has 0 radical (unpaired) electrons. The maximum atomic E-state index is 11.6. The molecule has 4 heteroatoms. The van der Waals surface area contributed by atoms with E-state index in [0.29, 0.717) is 6.54 Å². The summed E-state index contributed by atoms with van der Waals surface area (Å²) in [5.74, 6) is 0.705. The number of carbonyl (C=O) groups excluding carboxylic acids is 1. The van der Waals surface area contributed by atoms with Crippen molar-refractivity contribution in [1.29, 1.82) is 0 Å². The fourth-order valence-electron chi connectivity index (χ4n) is 1.64. The lowest BCUT2D eigenvalue weighted by Gasteiger charge is -2.18. The Morgan fingerprint density at radius 3 is 2.67 bits per heavy atom. The van der Waals surface area contributed by atoms with Gasteiger partial charge in [-0.05, 0) is 38.8 Å². The summed E-state index contributed by atoms with van der Waals surface area (Å²) in [5.41, 5.74) is 7.13. The second-order valence-electron chi connectivity index (χ2n) is 5.04. The number of hydrogen-bond acceptors (Lipinski definition) is 3. The molecule has 0 bridgehead atoms. The minimum Gasteiger partial charge on any atom is -0.496 e. The minimum absolute atomic E-state index is 0.144. The lowest BCUT2D eigenvalue weighted by molar-refractivity contribution is -0.125. The predicted octanol–water partition coefficient (Wildman–Crippen LogP) is 1.40. The van der Waals surface area contributed by atoms with Crippen molar-refractivity contribution in [3.63, 3.8) is 0 Å². The van der Waals surface area contributed by atoms with Gasteiger partial charge in [0.15, 0.2) is 0 Å². The Morgan fingerprint density at radius 1 is 1.44 bits per heavy atom. The number of hydrogen-bond donors (Lipinski definition) is 2. The summed E-state index contributed by atoms with van der Waals surface area (Å²) in [7, 11) is 1.65. The first-order valence-corrected chi connectivity index (χ1v) is 6.05. The van der Waals surface area contributed by atoms with Gasteiger partial charge in [0.25, 0.3) is 0 Å². The van der Waals surface area contributed by atoms with Crippen LogP contribution in [0.3, 0.4) is 0 Å². The third kappa shape index (κ3) is 4.04. The zero-order valence-electron chi connectivity index (χ0n) is 11.5. The molecule has 1 amide bonds. The van der Waals surface area contributed by atoms with Crippen molar-refractivity contribution in [3.8, 4) is 5.75 Å². The fraction of sp³-hybridized carbons (Fsp3) is 0.500. The highest BCUT2D eigenvalue weighted by molar-refractivity contribution is 5.85. The quantitative estimate of drug-likeness (QED) is 0.830. The molecule has 0 saturated heterocycles. The van der Waals surface area contributed by atoms with Gasteiger partial charge in [0.2, 0.25) is 5.91 Å².